The van der Waals surface area contributed by atoms with E-state index in [1.165, 1.54) is 17.7 Å². The van der Waals surface area contributed by atoms with Crippen LogP contribution in [-0.2, 0) is 9.53 Å². The zero-order chi connectivity index (χ0) is 21.8. The van der Waals surface area contributed by atoms with E-state index in [0.717, 1.165) is 26.2 Å². The lowest BCUT2D eigenvalue weighted by Gasteiger charge is -2.43. The Morgan fingerprint density at radius 2 is 1.61 bits per heavy atom. The summed E-state index contributed by atoms with van der Waals surface area (Å²) in [6, 6.07) is 0.622. The van der Waals surface area contributed by atoms with Crippen molar-refractivity contribution in [3.63, 3.8) is 0 Å². The number of carbonyl (C=O) groups excluding carboxylic acids is 2. The van der Waals surface area contributed by atoms with Crippen LogP contribution in [-0.4, -0.2) is 102 Å². The molecule has 0 aliphatic carbocycles. The van der Waals surface area contributed by atoms with E-state index in [9.17, 15) is 9.59 Å². The van der Waals surface area contributed by atoms with Crippen molar-refractivity contribution in [1.82, 2.24) is 19.6 Å². The van der Waals surface area contributed by atoms with Gasteiger partial charge in [-0.15, -0.1) is 0 Å². The third kappa shape index (κ3) is 6.62. The van der Waals surface area contributed by atoms with Gasteiger partial charge in [0.2, 0.25) is 5.91 Å². The molecule has 0 aromatic rings. The molecule has 0 N–H and O–H groups in total. The van der Waals surface area contributed by atoms with Crippen LogP contribution in [0.3, 0.4) is 0 Å². The van der Waals surface area contributed by atoms with Gasteiger partial charge < -0.3 is 14.5 Å². The maximum atomic E-state index is 12.9. The van der Waals surface area contributed by atoms with Gasteiger partial charge in [0, 0.05) is 39.1 Å². The second-order valence-corrected chi connectivity index (χ2v) is 9.84. The third-order valence-corrected chi connectivity index (χ3v) is 5.56. The Morgan fingerprint density at radius 3 is 2.11 bits per heavy atom. The van der Waals surface area contributed by atoms with Gasteiger partial charge in [0.25, 0.3) is 0 Å². The van der Waals surface area contributed by atoms with Crippen molar-refractivity contribution < 1.29 is 15.7 Å². The van der Waals surface area contributed by atoms with Crippen LogP contribution in [0.2, 0.25) is 0 Å². The standard InChI is InChI=1S/C21H40N4O3/c1-20(2,3)25(19(27)28-21(4,5)6)16-18(26)24-14-12-23(13-15-24)17-8-10-22(7)11-9-17/h17H,8-16H2,1-7H3/i4D. The first-order chi connectivity index (χ1) is 13.4. The summed E-state index contributed by atoms with van der Waals surface area (Å²) in [5, 5.41) is 0. The lowest BCUT2D eigenvalue weighted by atomic mass is 10.0. The van der Waals surface area contributed by atoms with Crippen molar-refractivity contribution in [2.24, 2.45) is 0 Å². The van der Waals surface area contributed by atoms with Gasteiger partial charge >= 0.3 is 6.09 Å². The fourth-order valence-corrected chi connectivity index (χ4v) is 3.80. The summed E-state index contributed by atoms with van der Waals surface area (Å²) in [4.78, 5) is 33.9. The van der Waals surface area contributed by atoms with Gasteiger partial charge in [-0.25, -0.2) is 4.79 Å². The lowest BCUT2D eigenvalue weighted by molar-refractivity contribution is -0.135. The molecular formula is C21H40N4O3. The smallest absolute Gasteiger partial charge is 0.411 e. The first-order valence-corrected chi connectivity index (χ1v) is 10.4. The van der Waals surface area contributed by atoms with Crippen LogP contribution in [0.4, 0.5) is 4.79 Å². The molecule has 0 atom stereocenters. The molecule has 0 aromatic carbocycles. The SMILES string of the molecule is [2H]CC(C)(C)OC(=O)N(CC(=O)N1CCN(C2CCN(C)CC2)CC1)C(C)(C)C. The number of piperazine rings is 1. The molecule has 0 saturated carbocycles. The van der Waals surface area contributed by atoms with E-state index in [4.69, 9.17) is 6.11 Å². The zero-order valence-corrected chi connectivity index (χ0v) is 18.7. The van der Waals surface area contributed by atoms with Gasteiger partial charge in [-0.2, -0.15) is 0 Å². The van der Waals surface area contributed by atoms with Crippen LogP contribution >= 0.6 is 0 Å². The quantitative estimate of drug-likeness (QED) is 0.731. The molecule has 2 rings (SSSR count). The van der Waals surface area contributed by atoms with Gasteiger partial charge in [0.05, 0.1) is 0 Å². The molecule has 2 aliphatic heterocycles. The van der Waals surface area contributed by atoms with E-state index >= 15 is 0 Å². The Morgan fingerprint density at radius 1 is 1.04 bits per heavy atom. The normalized spacial score (nSPS) is 21.4. The molecular weight excluding hydrogens is 356 g/mol. The second kappa shape index (κ2) is 8.99. The predicted octanol–water partition coefficient (Wildman–Crippen LogP) is 2.26. The summed E-state index contributed by atoms with van der Waals surface area (Å²) in [6.45, 7) is 14.6. The highest BCUT2D eigenvalue weighted by Crippen LogP contribution is 2.20. The number of rotatable bonds is 3. The van der Waals surface area contributed by atoms with Gasteiger partial charge in [-0.3, -0.25) is 14.6 Å². The maximum absolute atomic E-state index is 12.9. The molecule has 0 unspecified atom stereocenters. The summed E-state index contributed by atoms with van der Waals surface area (Å²) in [5.41, 5.74) is -1.41. The first kappa shape index (κ1) is 21.4. The van der Waals surface area contributed by atoms with Crippen molar-refractivity contribution >= 4 is 12.0 Å². The number of amides is 2. The fraction of sp³-hybridized carbons (Fsp3) is 0.905. The number of nitrogens with zero attached hydrogens (tertiary/aromatic N) is 4. The largest absolute Gasteiger partial charge is 0.444 e. The summed E-state index contributed by atoms with van der Waals surface area (Å²) in [5.74, 6) is -0.0383. The van der Waals surface area contributed by atoms with Crippen LogP contribution in [0, 0.1) is 0 Å². The summed E-state index contributed by atoms with van der Waals surface area (Å²) >= 11 is 0. The summed E-state index contributed by atoms with van der Waals surface area (Å²) in [6.07, 6.45) is 1.85. The molecule has 2 fully saturated rings. The van der Waals surface area contributed by atoms with Crippen LogP contribution in [0.5, 0.6) is 0 Å². The van der Waals surface area contributed by atoms with Crippen molar-refractivity contribution in [1.29, 1.82) is 0 Å². The lowest BCUT2D eigenvalue weighted by Crippen LogP contribution is -2.57. The number of ether oxygens (including phenoxy) is 1. The molecule has 2 amide bonds. The van der Waals surface area contributed by atoms with Gasteiger partial charge in [0.15, 0.2) is 0 Å². The first-order valence-electron chi connectivity index (χ1n) is 11.1. The molecule has 7 nitrogen and oxygen atoms in total. The maximum Gasteiger partial charge on any atom is 0.411 e. The van der Waals surface area contributed by atoms with Gasteiger partial charge in [0.1, 0.15) is 12.1 Å². The van der Waals surface area contributed by atoms with E-state index in [1.54, 1.807) is 13.8 Å². The monoisotopic (exact) mass is 397 g/mol. The Bertz CT molecular complexity index is 563. The number of hydrogen-bond acceptors (Lipinski definition) is 5. The van der Waals surface area contributed by atoms with Crippen molar-refractivity contribution in [2.75, 3.05) is 52.9 Å². The van der Waals surface area contributed by atoms with E-state index in [-0.39, 0.29) is 19.4 Å². The predicted molar refractivity (Wildman–Crippen MR) is 111 cm³/mol. The minimum absolute atomic E-state index is 0.00460. The average Bonchev–Trinajstić information content (AvgIpc) is 2.65. The summed E-state index contributed by atoms with van der Waals surface area (Å²) in [7, 11) is 2.17. The Labute approximate surface area is 172 Å². The average molecular weight is 398 g/mol. The van der Waals surface area contributed by atoms with Crippen LogP contribution in [0.1, 0.15) is 55.7 Å². The van der Waals surface area contributed by atoms with Gasteiger partial charge in [-0.05, 0) is 74.5 Å². The van der Waals surface area contributed by atoms with E-state index in [2.05, 4.69) is 16.8 Å². The van der Waals surface area contributed by atoms with Gasteiger partial charge in [-0.1, -0.05) is 0 Å². The third-order valence-electron chi connectivity index (χ3n) is 5.56. The van der Waals surface area contributed by atoms with Crippen molar-refractivity contribution in [2.45, 2.75) is 71.5 Å². The number of piperidine rings is 1. The molecule has 162 valence electrons. The van der Waals surface area contributed by atoms with Crippen LogP contribution in [0.15, 0.2) is 0 Å². The highest BCUT2D eigenvalue weighted by Gasteiger charge is 2.34. The molecule has 2 heterocycles. The van der Waals surface area contributed by atoms with Crippen molar-refractivity contribution in [3.05, 3.63) is 0 Å². The van der Waals surface area contributed by atoms with Crippen LogP contribution in [0.25, 0.3) is 0 Å². The number of hydrogen-bond donors (Lipinski definition) is 0. The number of likely N-dealkylation sites (tertiary alicyclic amines) is 1. The number of carbonyl (C=O) groups is 2. The summed E-state index contributed by atoms with van der Waals surface area (Å²) < 4.78 is 13.0. The van der Waals surface area contributed by atoms with Crippen LogP contribution < -0.4 is 0 Å². The van der Waals surface area contributed by atoms with Crippen molar-refractivity contribution in [3.8, 4) is 0 Å². The molecule has 0 aromatic heterocycles. The Balaban J connectivity index is 1.90. The fourth-order valence-electron chi connectivity index (χ4n) is 3.80. The Kier molecular flexibility index (Phi) is 6.86. The van der Waals surface area contributed by atoms with E-state index in [0.29, 0.717) is 19.1 Å². The molecule has 0 bridgehead atoms. The topological polar surface area (TPSA) is 56.3 Å². The minimum atomic E-state index is -0.872. The zero-order valence-electron chi connectivity index (χ0n) is 19.7. The molecule has 2 saturated heterocycles. The molecule has 28 heavy (non-hydrogen) atoms. The second-order valence-electron chi connectivity index (χ2n) is 9.84. The van der Waals surface area contributed by atoms with E-state index in [1.807, 2.05) is 25.7 Å². The molecule has 2 aliphatic rings. The molecule has 0 radical (unpaired) electrons. The highest BCUT2D eigenvalue weighted by molar-refractivity contribution is 5.83. The van der Waals surface area contributed by atoms with E-state index < -0.39 is 17.2 Å². The Hall–Kier alpha value is -1.34. The minimum Gasteiger partial charge on any atom is -0.444 e. The highest BCUT2D eigenvalue weighted by atomic mass is 16.6. The molecule has 0 spiro atoms. The molecule has 7 heteroatoms.